The van der Waals surface area contributed by atoms with Crippen LogP contribution in [-0.2, 0) is 13.1 Å². The highest BCUT2D eigenvalue weighted by Crippen LogP contribution is 2.32. The molecule has 2 aliphatic heterocycles. The molecule has 0 saturated carbocycles. The summed E-state index contributed by atoms with van der Waals surface area (Å²) in [5, 5.41) is 0. The Balaban J connectivity index is 1.31. The molecule has 0 aliphatic carbocycles. The van der Waals surface area contributed by atoms with Gasteiger partial charge in [0.05, 0.1) is 0 Å². The number of nitrogens with zero attached hydrogens (tertiary/aromatic N) is 2. The number of H-pyrrole nitrogens is 1. The smallest absolute Gasteiger partial charge is 0.0385 e. The van der Waals surface area contributed by atoms with E-state index < -0.39 is 0 Å². The van der Waals surface area contributed by atoms with E-state index in [1.54, 1.807) is 0 Å². The number of hydrogen-bond donors (Lipinski definition) is 1. The second-order valence-corrected chi connectivity index (χ2v) is 6.59. The zero-order valence-corrected chi connectivity index (χ0v) is 12.4. The van der Waals surface area contributed by atoms with Gasteiger partial charge in [-0.15, -0.1) is 0 Å². The number of aromatic nitrogens is 1. The topological polar surface area (TPSA) is 22.3 Å². The lowest BCUT2D eigenvalue weighted by atomic mass is 10.0. The summed E-state index contributed by atoms with van der Waals surface area (Å²) in [6, 6.07) is 15.1. The minimum Gasteiger partial charge on any atom is -0.364 e. The van der Waals surface area contributed by atoms with Gasteiger partial charge in [0.2, 0.25) is 0 Å². The van der Waals surface area contributed by atoms with Crippen molar-refractivity contribution in [3.05, 3.63) is 59.9 Å². The first-order valence-electron chi connectivity index (χ1n) is 7.98. The predicted octanol–water partition coefficient (Wildman–Crippen LogP) is 2.58. The van der Waals surface area contributed by atoms with Crippen LogP contribution in [0.3, 0.4) is 0 Å². The molecule has 3 heteroatoms. The van der Waals surface area contributed by atoms with Gasteiger partial charge in [-0.2, -0.15) is 0 Å². The lowest BCUT2D eigenvalue weighted by Crippen LogP contribution is -2.28. The maximum atomic E-state index is 3.32. The molecular formula is C18H23N3. The van der Waals surface area contributed by atoms with E-state index >= 15 is 0 Å². The Hall–Kier alpha value is -1.58. The molecule has 2 aliphatic rings. The molecule has 2 unspecified atom stereocenters. The molecule has 3 heterocycles. The van der Waals surface area contributed by atoms with Gasteiger partial charge in [-0.05, 0) is 29.5 Å². The van der Waals surface area contributed by atoms with Gasteiger partial charge < -0.3 is 4.98 Å². The number of fused-ring (bicyclic) bond motifs is 1. The van der Waals surface area contributed by atoms with Crippen molar-refractivity contribution in [1.82, 2.24) is 14.8 Å². The number of likely N-dealkylation sites (tertiary alicyclic amines) is 2. The highest BCUT2D eigenvalue weighted by molar-refractivity contribution is 5.15. The summed E-state index contributed by atoms with van der Waals surface area (Å²) in [4.78, 5) is 8.57. The summed E-state index contributed by atoms with van der Waals surface area (Å²) in [6.45, 7) is 7.24. The van der Waals surface area contributed by atoms with E-state index in [-0.39, 0.29) is 0 Å². The van der Waals surface area contributed by atoms with Gasteiger partial charge in [0, 0.05) is 51.2 Å². The van der Waals surface area contributed by atoms with Crippen LogP contribution >= 0.6 is 0 Å². The maximum Gasteiger partial charge on any atom is 0.0385 e. The van der Waals surface area contributed by atoms with Crippen molar-refractivity contribution >= 4 is 0 Å². The monoisotopic (exact) mass is 281 g/mol. The van der Waals surface area contributed by atoms with E-state index in [0.717, 1.165) is 24.9 Å². The van der Waals surface area contributed by atoms with Crippen LogP contribution in [0.25, 0.3) is 0 Å². The SMILES string of the molecule is c1ccc(CN2CC3CN(Cc4ccc[nH]4)CC3C2)cc1. The Morgan fingerprint density at radius 3 is 2.10 bits per heavy atom. The quantitative estimate of drug-likeness (QED) is 0.930. The molecule has 21 heavy (non-hydrogen) atoms. The van der Waals surface area contributed by atoms with Crippen LogP contribution in [0.2, 0.25) is 0 Å². The first-order valence-corrected chi connectivity index (χ1v) is 7.98. The van der Waals surface area contributed by atoms with Crippen molar-refractivity contribution in [3.8, 4) is 0 Å². The van der Waals surface area contributed by atoms with Gasteiger partial charge in [0.15, 0.2) is 0 Å². The standard InChI is InChI=1S/C18H23N3/c1-2-5-15(6-3-1)9-20-10-16-12-21(13-17(16)11-20)14-18-7-4-8-19-18/h1-8,16-17,19H,9-14H2. The molecule has 4 rings (SSSR count). The summed E-state index contributed by atoms with van der Waals surface area (Å²) in [5.74, 6) is 1.73. The molecule has 2 fully saturated rings. The molecule has 1 aromatic heterocycles. The number of nitrogens with one attached hydrogen (secondary N) is 1. The van der Waals surface area contributed by atoms with Crippen molar-refractivity contribution in [1.29, 1.82) is 0 Å². The Morgan fingerprint density at radius 2 is 1.48 bits per heavy atom. The average molecular weight is 281 g/mol. The lowest BCUT2D eigenvalue weighted by molar-refractivity contribution is 0.245. The number of aromatic amines is 1. The summed E-state index contributed by atoms with van der Waals surface area (Å²) in [5.41, 5.74) is 2.79. The van der Waals surface area contributed by atoms with Gasteiger partial charge in [-0.25, -0.2) is 0 Å². The Bertz CT molecular complexity index is 549. The van der Waals surface area contributed by atoms with Crippen LogP contribution in [-0.4, -0.2) is 41.0 Å². The molecule has 1 aromatic carbocycles. The minimum atomic E-state index is 0.865. The fraction of sp³-hybridized carbons (Fsp3) is 0.444. The van der Waals surface area contributed by atoms with Gasteiger partial charge >= 0.3 is 0 Å². The number of hydrogen-bond acceptors (Lipinski definition) is 2. The largest absolute Gasteiger partial charge is 0.364 e. The summed E-state index contributed by atoms with van der Waals surface area (Å²) in [6.07, 6.45) is 2.02. The molecule has 1 N–H and O–H groups in total. The molecule has 2 atom stereocenters. The van der Waals surface area contributed by atoms with Crippen molar-refractivity contribution in [2.75, 3.05) is 26.2 Å². The van der Waals surface area contributed by atoms with Gasteiger partial charge in [-0.3, -0.25) is 9.80 Å². The molecule has 110 valence electrons. The van der Waals surface area contributed by atoms with Crippen LogP contribution in [0, 0.1) is 11.8 Å². The summed E-state index contributed by atoms with van der Waals surface area (Å²) >= 11 is 0. The first-order chi connectivity index (χ1) is 10.4. The van der Waals surface area contributed by atoms with Crippen molar-refractivity contribution in [2.24, 2.45) is 11.8 Å². The molecule has 0 bridgehead atoms. The normalized spacial score (nSPS) is 26.3. The minimum absolute atomic E-state index is 0.865. The van der Waals surface area contributed by atoms with E-state index in [4.69, 9.17) is 0 Å². The van der Waals surface area contributed by atoms with Gasteiger partial charge in [0.25, 0.3) is 0 Å². The highest BCUT2D eigenvalue weighted by atomic mass is 15.2. The van der Waals surface area contributed by atoms with Crippen LogP contribution in [0.1, 0.15) is 11.3 Å². The average Bonchev–Trinajstić information content (AvgIpc) is 3.17. The third kappa shape index (κ3) is 2.89. The highest BCUT2D eigenvalue weighted by Gasteiger charge is 2.39. The molecule has 0 radical (unpaired) electrons. The Kier molecular flexibility index (Phi) is 3.53. The Labute approximate surface area is 126 Å². The van der Waals surface area contributed by atoms with E-state index in [0.29, 0.717) is 0 Å². The third-order valence-corrected chi connectivity index (χ3v) is 4.94. The van der Waals surface area contributed by atoms with Crippen LogP contribution in [0.15, 0.2) is 48.7 Å². The molecule has 0 amide bonds. The second-order valence-electron chi connectivity index (χ2n) is 6.59. The third-order valence-electron chi connectivity index (χ3n) is 4.94. The Morgan fingerprint density at radius 1 is 0.810 bits per heavy atom. The number of rotatable bonds is 4. The van der Waals surface area contributed by atoms with Gasteiger partial charge in [-0.1, -0.05) is 30.3 Å². The van der Waals surface area contributed by atoms with Crippen LogP contribution in [0.5, 0.6) is 0 Å². The number of benzene rings is 1. The predicted molar refractivity (Wildman–Crippen MR) is 84.8 cm³/mol. The second kappa shape index (κ2) is 5.66. The van der Waals surface area contributed by atoms with Crippen molar-refractivity contribution < 1.29 is 0 Å². The molecule has 2 aromatic rings. The molecule has 2 saturated heterocycles. The van der Waals surface area contributed by atoms with Gasteiger partial charge in [0.1, 0.15) is 0 Å². The van der Waals surface area contributed by atoms with Crippen molar-refractivity contribution in [2.45, 2.75) is 13.1 Å². The molecule has 0 spiro atoms. The lowest BCUT2D eigenvalue weighted by Gasteiger charge is -2.21. The first kappa shape index (κ1) is 13.1. The van der Waals surface area contributed by atoms with E-state index in [9.17, 15) is 0 Å². The van der Waals surface area contributed by atoms with Crippen molar-refractivity contribution in [3.63, 3.8) is 0 Å². The van der Waals surface area contributed by atoms with Crippen LogP contribution in [0.4, 0.5) is 0 Å². The molecular weight excluding hydrogens is 258 g/mol. The fourth-order valence-corrected chi connectivity index (χ4v) is 3.99. The maximum absolute atomic E-state index is 3.32. The van der Waals surface area contributed by atoms with E-state index in [1.165, 1.54) is 37.4 Å². The van der Waals surface area contributed by atoms with E-state index in [2.05, 4.69) is 57.2 Å². The van der Waals surface area contributed by atoms with Crippen LogP contribution < -0.4 is 0 Å². The zero-order valence-electron chi connectivity index (χ0n) is 12.4. The summed E-state index contributed by atoms with van der Waals surface area (Å²) < 4.78 is 0. The fourth-order valence-electron chi connectivity index (χ4n) is 3.99. The van der Waals surface area contributed by atoms with E-state index in [1.807, 2.05) is 6.20 Å². The molecule has 3 nitrogen and oxygen atoms in total. The summed E-state index contributed by atoms with van der Waals surface area (Å²) in [7, 11) is 0. The zero-order chi connectivity index (χ0) is 14.1.